The van der Waals surface area contributed by atoms with E-state index in [9.17, 15) is 21.6 Å². The van der Waals surface area contributed by atoms with Crippen LogP contribution in [0.15, 0.2) is 52.3 Å². The number of aromatic nitrogens is 1. The second-order valence-electron chi connectivity index (χ2n) is 9.36. The molecule has 1 aromatic heterocycles. The molecule has 0 radical (unpaired) electrons. The Balaban J connectivity index is 1.64. The van der Waals surface area contributed by atoms with Crippen molar-refractivity contribution in [2.75, 3.05) is 64.8 Å². The van der Waals surface area contributed by atoms with E-state index < -0.39 is 19.9 Å². The summed E-state index contributed by atoms with van der Waals surface area (Å²) in [7, 11) is -4.25. The van der Waals surface area contributed by atoms with Gasteiger partial charge in [0.1, 0.15) is 0 Å². The number of amides is 1. The van der Waals surface area contributed by atoms with Crippen LogP contribution in [0.4, 0.5) is 5.13 Å². The van der Waals surface area contributed by atoms with E-state index in [0.717, 1.165) is 19.1 Å². The molecule has 1 unspecified atom stereocenters. The summed E-state index contributed by atoms with van der Waals surface area (Å²) in [5, 5.41) is 0.406. The van der Waals surface area contributed by atoms with Crippen LogP contribution < -0.4 is 4.90 Å². The number of rotatable bonds is 13. The number of hydrogen-bond donors (Lipinski definition) is 0. The number of sulfonamides is 1. The van der Waals surface area contributed by atoms with Crippen molar-refractivity contribution in [3.63, 3.8) is 0 Å². The minimum atomic E-state index is -3.84. The molecule has 1 aliphatic rings. The molecule has 0 spiro atoms. The van der Waals surface area contributed by atoms with Crippen molar-refractivity contribution < 1.29 is 35.8 Å². The maximum Gasteiger partial charge on any atom is 0.260 e. The largest absolute Gasteiger partial charge is 0.383 e. The van der Waals surface area contributed by atoms with Crippen LogP contribution in [-0.2, 0) is 34.1 Å². The normalized spacial score (nSPS) is 16.1. The van der Waals surface area contributed by atoms with E-state index in [1.54, 1.807) is 12.1 Å². The third-order valence-electron chi connectivity index (χ3n) is 6.49. The fourth-order valence-electron chi connectivity index (χ4n) is 4.29. The smallest absolute Gasteiger partial charge is 0.260 e. The Labute approximate surface area is 238 Å². The molecule has 3 aromatic rings. The number of carbonyl (C=O) groups is 1. The van der Waals surface area contributed by atoms with Crippen molar-refractivity contribution in [2.24, 2.45) is 0 Å². The average Bonchev–Trinajstić information content (AvgIpc) is 3.60. The van der Waals surface area contributed by atoms with Gasteiger partial charge in [-0.3, -0.25) is 9.69 Å². The summed E-state index contributed by atoms with van der Waals surface area (Å²) in [6.45, 7) is 1.66. The molecular weight excluding hydrogens is 579 g/mol. The van der Waals surface area contributed by atoms with Crippen LogP contribution in [0.25, 0.3) is 10.2 Å². The highest BCUT2D eigenvalue weighted by atomic mass is 32.2. The van der Waals surface area contributed by atoms with Gasteiger partial charge in [0.15, 0.2) is 15.0 Å². The summed E-state index contributed by atoms with van der Waals surface area (Å²) in [6.07, 6.45) is 2.65. The molecule has 1 aliphatic heterocycles. The van der Waals surface area contributed by atoms with Crippen LogP contribution in [0, 0.1) is 0 Å². The number of ether oxygens (including phenoxy) is 3. The van der Waals surface area contributed by atoms with Crippen LogP contribution in [-0.4, -0.2) is 98.1 Å². The molecule has 4 rings (SSSR count). The minimum absolute atomic E-state index is 0.0511. The summed E-state index contributed by atoms with van der Waals surface area (Å²) in [5.74, 6) is -0.363. The summed E-state index contributed by atoms with van der Waals surface area (Å²) in [6, 6.07) is 10.5. The molecule has 1 saturated heterocycles. The lowest BCUT2D eigenvalue weighted by molar-refractivity contribution is 0.0917. The molecule has 1 atom stereocenters. The SMILES string of the molecule is COCCN(CCOC)S(=O)(=O)c1ccc(C(=O)N(CC2CCCO2)c2nc3ccc(S(C)(=O)=O)cc3s2)cc1. The molecule has 11 nitrogen and oxygen atoms in total. The molecule has 40 heavy (non-hydrogen) atoms. The van der Waals surface area contributed by atoms with Gasteiger partial charge in [0.25, 0.3) is 5.91 Å². The first-order valence-electron chi connectivity index (χ1n) is 12.7. The van der Waals surface area contributed by atoms with Crippen molar-refractivity contribution in [3.05, 3.63) is 48.0 Å². The highest BCUT2D eigenvalue weighted by molar-refractivity contribution is 7.90. The summed E-state index contributed by atoms with van der Waals surface area (Å²) in [5.41, 5.74) is 0.861. The summed E-state index contributed by atoms with van der Waals surface area (Å²) >= 11 is 1.22. The molecule has 1 fully saturated rings. The number of thiazole rings is 1. The topological polar surface area (TPSA) is 132 Å². The first-order chi connectivity index (χ1) is 19.0. The van der Waals surface area contributed by atoms with Gasteiger partial charge in [0.05, 0.1) is 45.9 Å². The molecule has 2 heterocycles. The van der Waals surface area contributed by atoms with E-state index in [1.807, 2.05) is 0 Å². The first kappa shape index (κ1) is 30.5. The standard InChI is InChI=1S/C26H33N3O8S3/c1-35-15-12-28(13-16-36-2)40(33,34)21-8-6-19(7-9-21)25(30)29(18-20-5-4-14-37-20)26-27-23-11-10-22(39(3,31)32)17-24(23)38-26/h6-11,17,20H,4-5,12-16,18H2,1-3H3. The van der Waals surface area contributed by atoms with Crippen LogP contribution in [0.3, 0.4) is 0 Å². The van der Waals surface area contributed by atoms with Gasteiger partial charge >= 0.3 is 0 Å². The minimum Gasteiger partial charge on any atom is -0.383 e. The van der Waals surface area contributed by atoms with Gasteiger partial charge in [-0.05, 0) is 55.3 Å². The second-order valence-corrected chi connectivity index (χ2v) is 14.3. The quantitative estimate of drug-likeness (QED) is 0.286. The van der Waals surface area contributed by atoms with E-state index in [1.165, 1.54) is 65.1 Å². The predicted molar refractivity (Wildman–Crippen MR) is 152 cm³/mol. The third-order valence-corrected chi connectivity index (χ3v) is 10.6. The molecule has 0 saturated carbocycles. The van der Waals surface area contributed by atoms with Gasteiger partial charge < -0.3 is 14.2 Å². The van der Waals surface area contributed by atoms with Gasteiger partial charge in [-0.1, -0.05) is 11.3 Å². The van der Waals surface area contributed by atoms with Crippen molar-refractivity contribution in [3.8, 4) is 0 Å². The number of sulfone groups is 1. The number of fused-ring (bicyclic) bond motifs is 1. The Morgan fingerprint density at radius 3 is 2.25 bits per heavy atom. The van der Waals surface area contributed by atoms with E-state index in [4.69, 9.17) is 14.2 Å². The Kier molecular flexibility index (Phi) is 9.93. The lowest BCUT2D eigenvalue weighted by Crippen LogP contribution is -2.38. The van der Waals surface area contributed by atoms with Crippen molar-refractivity contribution in [2.45, 2.75) is 28.7 Å². The predicted octanol–water partition coefficient (Wildman–Crippen LogP) is 2.81. The first-order valence-corrected chi connectivity index (χ1v) is 16.8. The van der Waals surface area contributed by atoms with Gasteiger partial charge in [-0.15, -0.1) is 0 Å². The highest BCUT2D eigenvalue weighted by Crippen LogP contribution is 2.32. The van der Waals surface area contributed by atoms with Crippen LogP contribution in [0.1, 0.15) is 23.2 Å². The van der Waals surface area contributed by atoms with Gasteiger partial charge in [0.2, 0.25) is 10.0 Å². The Bertz CT molecular complexity index is 1520. The monoisotopic (exact) mass is 611 g/mol. The number of methoxy groups -OCH3 is 2. The van der Waals surface area contributed by atoms with Gasteiger partial charge in [0, 0.05) is 45.7 Å². The average molecular weight is 612 g/mol. The Morgan fingerprint density at radius 1 is 1.02 bits per heavy atom. The zero-order valence-electron chi connectivity index (χ0n) is 22.6. The van der Waals surface area contributed by atoms with Crippen molar-refractivity contribution in [1.29, 1.82) is 0 Å². The summed E-state index contributed by atoms with van der Waals surface area (Å²) < 4.78 is 68.4. The molecular formula is C26H33N3O8S3. The van der Waals surface area contributed by atoms with E-state index >= 15 is 0 Å². The Hall–Kier alpha value is -2.46. The van der Waals surface area contributed by atoms with E-state index in [-0.39, 0.29) is 60.2 Å². The maximum absolute atomic E-state index is 13.8. The van der Waals surface area contributed by atoms with Crippen LogP contribution in [0.2, 0.25) is 0 Å². The number of carbonyl (C=O) groups excluding carboxylic acids is 1. The van der Waals surface area contributed by atoms with E-state index in [2.05, 4.69) is 4.98 Å². The van der Waals surface area contributed by atoms with Crippen LogP contribution >= 0.6 is 11.3 Å². The molecule has 2 aromatic carbocycles. The lowest BCUT2D eigenvalue weighted by Gasteiger charge is -2.24. The maximum atomic E-state index is 13.8. The van der Waals surface area contributed by atoms with Gasteiger partial charge in [-0.2, -0.15) is 4.31 Å². The Morgan fingerprint density at radius 2 is 1.68 bits per heavy atom. The van der Waals surface area contributed by atoms with Gasteiger partial charge in [-0.25, -0.2) is 21.8 Å². The second kappa shape index (κ2) is 13.0. The highest BCUT2D eigenvalue weighted by Gasteiger charge is 2.29. The molecule has 14 heteroatoms. The zero-order chi connectivity index (χ0) is 28.9. The lowest BCUT2D eigenvalue weighted by atomic mass is 10.2. The number of benzene rings is 2. The molecule has 0 bridgehead atoms. The fraction of sp³-hybridized carbons (Fsp3) is 0.462. The third kappa shape index (κ3) is 7.05. The molecule has 1 amide bonds. The fourth-order valence-corrected chi connectivity index (χ4v) is 7.43. The number of anilines is 1. The molecule has 0 aliphatic carbocycles. The molecule has 0 N–H and O–H groups in total. The molecule has 218 valence electrons. The summed E-state index contributed by atoms with van der Waals surface area (Å²) in [4.78, 5) is 20.1. The zero-order valence-corrected chi connectivity index (χ0v) is 25.1. The van der Waals surface area contributed by atoms with E-state index in [0.29, 0.717) is 22.0 Å². The van der Waals surface area contributed by atoms with Crippen molar-refractivity contribution in [1.82, 2.24) is 9.29 Å². The van der Waals surface area contributed by atoms with Crippen molar-refractivity contribution >= 4 is 52.5 Å². The number of hydrogen-bond acceptors (Lipinski definition) is 10. The number of nitrogens with zero attached hydrogens (tertiary/aromatic N) is 3. The van der Waals surface area contributed by atoms with Crippen LogP contribution in [0.5, 0.6) is 0 Å².